The summed E-state index contributed by atoms with van der Waals surface area (Å²) in [5.41, 5.74) is 8.10. The number of aryl methyl sites for hydroxylation is 1. The van der Waals surface area contributed by atoms with E-state index in [1.54, 1.807) is 7.11 Å². The van der Waals surface area contributed by atoms with Gasteiger partial charge in [0.05, 0.1) is 46.8 Å². The van der Waals surface area contributed by atoms with Crippen LogP contribution in [-0.4, -0.2) is 101 Å². The quantitative estimate of drug-likeness (QED) is 0.256. The third-order valence-corrected chi connectivity index (χ3v) is 9.76. The van der Waals surface area contributed by atoms with Crippen molar-refractivity contribution in [3.8, 4) is 17.2 Å². The lowest BCUT2D eigenvalue weighted by atomic mass is 10.1. The molecule has 0 radical (unpaired) electrons. The van der Waals surface area contributed by atoms with E-state index in [0.717, 1.165) is 142 Å². The van der Waals surface area contributed by atoms with E-state index < -0.39 is 0 Å². The van der Waals surface area contributed by atoms with Crippen molar-refractivity contribution in [2.75, 3.05) is 86.0 Å². The van der Waals surface area contributed by atoms with Crippen molar-refractivity contribution in [2.45, 2.75) is 52.5 Å². The van der Waals surface area contributed by atoms with Gasteiger partial charge in [0.25, 0.3) is 0 Å². The van der Waals surface area contributed by atoms with E-state index in [-0.39, 0.29) is 0 Å². The maximum Gasteiger partial charge on any atom is 0.124 e. The zero-order valence-corrected chi connectivity index (χ0v) is 29.0. The Hall–Kier alpha value is -3.18. The SMILES string of the molecule is COc1ccc(CN2Cc3cccc(OCCCN4CCOCC4)c3C2)c(C)c1.c1cc2c(c(OCCCN3CCOCC3)c1)CNC2. The lowest BCUT2D eigenvalue weighted by Crippen LogP contribution is -2.37. The Morgan fingerprint density at radius 1 is 0.688 bits per heavy atom. The van der Waals surface area contributed by atoms with Gasteiger partial charge in [0.15, 0.2) is 0 Å². The Balaban J connectivity index is 0.000000182. The molecular weight excluding hydrogens is 604 g/mol. The topological polar surface area (TPSA) is 67.9 Å². The fourth-order valence-electron chi connectivity index (χ4n) is 6.94. The molecule has 0 bridgehead atoms. The molecular formula is C39H54N4O5. The van der Waals surface area contributed by atoms with Gasteiger partial charge in [-0.3, -0.25) is 14.7 Å². The highest BCUT2D eigenvalue weighted by atomic mass is 16.5. The van der Waals surface area contributed by atoms with Crippen LogP contribution in [0.15, 0.2) is 54.6 Å². The summed E-state index contributed by atoms with van der Waals surface area (Å²) in [4.78, 5) is 7.39. The summed E-state index contributed by atoms with van der Waals surface area (Å²) in [6.45, 7) is 18.4. The average molecular weight is 659 g/mol. The third kappa shape index (κ3) is 9.71. The zero-order valence-electron chi connectivity index (χ0n) is 29.0. The van der Waals surface area contributed by atoms with E-state index in [2.05, 4.69) is 81.5 Å². The molecule has 7 rings (SSSR count). The summed E-state index contributed by atoms with van der Waals surface area (Å²) in [6, 6.07) is 19.2. The highest BCUT2D eigenvalue weighted by molar-refractivity contribution is 5.44. The first-order valence-electron chi connectivity index (χ1n) is 17.8. The van der Waals surface area contributed by atoms with E-state index >= 15 is 0 Å². The lowest BCUT2D eigenvalue weighted by molar-refractivity contribution is 0.0357. The number of nitrogens with one attached hydrogen (secondary N) is 1. The number of hydrogen-bond acceptors (Lipinski definition) is 9. The van der Waals surface area contributed by atoms with Crippen LogP contribution >= 0.6 is 0 Å². The Morgan fingerprint density at radius 3 is 1.94 bits per heavy atom. The molecule has 3 aromatic carbocycles. The number of nitrogens with zero attached hydrogens (tertiary/aromatic N) is 3. The van der Waals surface area contributed by atoms with Crippen LogP contribution in [0.4, 0.5) is 0 Å². The molecule has 0 saturated carbocycles. The first-order chi connectivity index (χ1) is 23.7. The van der Waals surface area contributed by atoms with E-state index in [1.165, 1.54) is 33.4 Å². The van der Waals surface area contributed by atoms with Crippen LogP contribution in [0, 0.1) is 6.92 Å². The molecule has 4 heterocycles. The van der Waals surface area contributed by atoms with Gasteiger partial charge >= 0.3 is 0 Å². The van der Waals surface area contributed by atoms with Crippen LogP contribution in [0.2, 0.25) is 0 Å². The summed E-state index contributed by atoms with van der Waals surface area (Å²) in [5, 5.41) is 3.37. The number of methoxy groups -OCH3 is 1. The number of rotatable bonds is 13. The Kier molecular flexibility index (Phi) is 13.0. The van der Waals surface area contributed by atoms with Gasteiger partial charge in [-0.15, -0.1) is 0 Å². The van der Waals surface area contributed by atoms with Crippen molar-refractivity contribution in [3.05, 3.63) is 88.0 Å². The van der Waals surface area contributed by atoms with E-state index in [1.807, 2.05) is 0 Å². The van der Waals surface area contributed by atoms with Gasteiger partial charge < -0.3 is 29.0 Å². The van der Waals surface area contributed by atoms with Gasteiger partial charge in [0.2, 0.25) is 0 Å². The molecule has 4 aliphatic heterocycles. The Bertz CT molecular complexity index is 1440. The molecule has 0 aromatic heterocycles. The van der Waals surface area contributed by atoms with Crippen molar-refractivity contribution < 1.29 is 23.7 Å². The maximum atomic E-state index is 6.19. The van der Waals surface area contributed by atoms with Crippen LogP contribution < -0.4 is 19.5 Å². The molecule has 260 valence electrons. The third-order valence-electron chi connectivity index (χ3n) is 9.76. The van der Waals surface area contributed by atoms with E-state index in [9.17, 15) is 0 Å². The molecule has 9 heteroatoms. The van der Waals surface area contributed by atoms with Gasteiger partial charge in [0.1, 0.15) is 17.2 Å². The number of fused-ring (bicyclic) bond motifs is 2. The number of hydrogen-bond donors (Lipinski definition) is 1. The maximum absolute atomic E-state index is 6.19. The second kappa shape index (κ2) is 18.0. The van der Waals surface area contributed by atoms with Gasteiger partial charge in [-0.2, -0.15) is 0 Å². The first-order valence-corrected chi connectivity index (χ1v) is 17.8. The Labute approximate surface area is 287 Å². The Morgan fingerprint density at radius 2 is 1.31 bits per heavy atom. The fourth-order valence-corrected chi connectivity index (χ4v) is 6.94. The van der Waals surface area contributed by atoms with Gasteiger partial charge in [-0.05, 0) is 66.3 Å². The summed E-state index contributed by atoms with van der Waals surface area (Å²) in [7, 11) is 1.72. The molecule has 2 saturated heterocycles. The van der Waals surface area contributed by atoms with Crippen LogP contribution in [0.1, 0.15) is 46.2 Å². The van der Waals surface area contributed by atoms with Crippen molar-refractivity contribution in [2.24, 2.45) is 0 Å². The average Bonchev–Trinajstić information content (AvgIpc) is 3.79. The van der Waals surface area contributed by atoms with Crippen molar-refractivity contribution in [1.29, 1.82) is 0 Å². The smallest absolute Gasteiger partial charge is 0.124 e. The minimum absolute atomic E-state index is 0.769. The highest BCUT2D eigenvalue weighted by Gasteiger charge is 2.23. The van der Waals surface area contributed by atoms with Crippen molar-refractivity contribution in [1.82, 2.24) is 20.0 Å². The largest absolute Gasteiger partial charge is 0.497 e. The predicted molar refractivity (Wildman–Crippen MR) is 189 cm³/mol. The van der Waals surface area contributed by atoms with Gasteiger partial charge in [-0.1, -0.05) is 30.3 Å². The molecule has 9 nitrogen and oxygen atoms in total. The fraction of sp³-hybridized carbons (Fsp3) is 0.538. The second-order valence-electron chi connectivity index (χ2n) is 13.1. The van der Waals surface area contributed by atoms with Gasteiger partial charge in [-0.25, -0.2) is 0 Å². The normalized spacial score (nSPS) is 18.1. The lowest BCUT2D eigenvalue weighted by Gasteiger charge is -2.26. The summed E-state index contributed by atoms with van der Waals surface area (Å²) in [6.07, 6.45) is 2.13. The minimum atomic E-state index is 0.769. The van der Waals surface area contributed by atoms with E-state index in [0.29, 0.717) is 0 Å². The molecule has 0 aliphatic carbocycles. The molecule has 1 N–H and O–H groups in total. The summed E-state index contributed by atoms with van der Waals surface area (Å²) >= 11 is 0. The minimum Gasteiger partial charge on any atom is -0.497 e. The first kappa shape index (κ1) is 34.7. The molecule has 2 fully saturated rings. The second-order valence-corrected chi connectivity index (χ2v) is 13.1. The zero-order chi connectivity index (χ0) is 33.0. The van der Waals surface area contributed by atoms with Gasteiger partial charge in [0, 0.05) is 83.1 Å². The van der Waals surface area contributed by atoms with Crippen LogP contribution in [0.3, 0.4) is 0 Å². The van der Waals surface area contributed by atoms with Crippen LogP contribution in [0.25, 0.3) is 0 Å². The summed E-state index contributed by atoms with van der Waals surface area (Å²) in [5.74, 6) is 3.03. The van der Waals surface area contributed by atoms with Crippen LogP contribution in [0.5, 0.6) is 17.2 Å². The molecule has 0 unspecified atom stereocenters. The molecule has 3 aromatic rings. The predicted octanol–water partition coefficient (Wildman–Crippen LogP) is 5.01. The van der Waals surface area contributed by atoms with Crippen molar-refractivity contribution in [3.63, 3.8) is 0 Å². The molecule has 48 heavy (non-hydrogen) atoms. The number of benzene rings is 3. The van der Waals surface area contributed by atoms with E-state index in [4.69, 9.17) is 23.7 Å². The standard InChI is InChI=1S/C24H32N2O3.C15H22N2O2/c1-19-15-22(27-2)8-7-20(19)16-26-17-21-5-3-6-24(23(21)18-26)29-12-4-9-25-10-13-28-14-11-25;1-3-13-11-16-12-14(13)15(4-1)19-8-2-5-17-6-9-18-10-7-17/h3,5-8,15H,4,9-14,16-18H2,1-2H3;1,3-4,16H,2,5-12H2. The molecule has 0 amide bonds. The molecule has 0 spiro atoms. The van der Waals surface area contributed by atoms with Crippen LogP contribution in [-0.2, 0) is 42.2 Å². The number of morpholine rings is 2. The molecule has 4 aliphatic rings. The summed E-state index contributed by atoms with van der Waals surface area (Å²) < 4.78 is 28.2. The van der Waals surface area contributed by atoms with Crippen molar-refractivity contribution >= 4 is 0 Å². The monoisotopic (exact) mass is 658 g/mol. The number of ether oxygens (including phenoxy) is 5. The molecule has 0 atom stereocenters. The highest BCUT2D eigenvalue weighted by Crippen LogP contribution is 2.33.